The highest BCUT2D eigenvalue weighted by atomic mass is 79.9. The zero-order valence-corrected chi connectivity index (χ0v) is 12.1. The molecular formula is C14H19BrN2O. The Bertz CT molecular complexity index is 418. The molecule has 0 radical (unpaired) electrons. The number of nitrogens with one attached hydrogen (secondary N) is 1. The summed E-state index contributed by atoms with van der Waals surface area (Å²) in [6.45, 7) is 2.00. The van der Waals surface area contributed by atoms with Crippen LogP contribution in [0, 0.1) is 5.92 Å². The van der Waals surface area contributed by atoms with Gasteiger partial charge in [-0.3, -0.25) is 4.79 Å². The topological polar surface area (TPSA) is 55.1 Å². The van der Waals surface area contributed by atoms with E-state index in [2.05, 4.69) is 21.2 Å². The Morgan fingerprint density at radius 1 is 1.39 bits per heavy atom. The first-order chi connectivity index (χ1) is 8.58. The minimum absolute atomic E-state index is 0.0112. The molecule has 1 saturated carbocycles. The van der Waals surface area contributed by atoms with Gasteiger partial charge in [0.05, 0.1) is 12.0 Å². The molecular weight excluding hydrogens is 292 g/mol. The maximum absolute atomic E-state index is 12.1. The average molecular weight is 311 g/mol. The van der Waals surface area contributed by atoms with Crippen molar-refractivity contribution < 1.29 is 4.79 Å². The second-order valence-corrected chi connectivity index (χ2v) is 5.90. The van der Waals surface area contributed by atoms with Gasteiger partial charge in [-0.05, 0) is 37.5 Å². The second-order valence-electron chi connectivity index (χ2n) is 4.98. The molecule has 2 rings (SSSR count). The maximum atomic E-state index is 12.1. The van der Waals surface area contributed by atoms with Crippen LogP contribution in [0.1, 0.15) is 37.8 Å². The van der Waals surface area contributed by atoms with Crippen molar-refractivity contribution in [3.63, 3.8) is 0 Å². The number of nitrogens with two attached hydrogens (primary N) is 1. The summed E-state index contributed by atoms with van der Waals surface area (Å²) < 4.78 is 1.04. The second kappa shape index (κ2) is 5.85. The van der Waals surface area contributed by atoms with Crippen LogP contribution in [0.3, 0.4) is 0 Å². The van der Waals surface area contributed by atoms with Crippen molar-refractivity contribution in [3.8, 4) is 0 Å². The Kier molecular flexibility index (Phi) is 4.40. The SMILES string of the molecule is C[C@@H](NC(=O)C1CCCC1N)c1ccc(Br)cc1. The van der Waals surface area contributed by atoms with Gasteiger partial charge < -0.3 is 11.1 Å². The molecule has 0 aromatic heterocycles. The number of carbonyl (C=O) groups is 1. The third kappa shape index (κ3) is 3.12. The molecule has 1 aliphatic rings. The van der Waals surface area contributed by atoms with Gasteiger partial charge >= 0.3 is 0 Å². The van der Waals surface area contributed by atoms with Gasteiger partial charge in [0.1, 0.15) is 0 Å². The van der Waals surface area contributed by atoms with E-state index in [0.717, 1.165) is 29.3 Å². The maximum Gasteiger partial charge on any atom is 0.225 e. The average Bonchev–Trinajstić information content (AvgIpc) is 2.76. The number of benzene rings is 1. The molecule has 3 nitrogen and oxygen atoms in total. The van der Waals surface area contributed by atoms with Crippen LogP contribution in [-0.4, -0.2) is 11.9 Å². The Morgan fingerprint density at radius 3 is 2.61 bits per heavy atom. The van der Waals surface area contributed by atoms with Gasteiger partial charge in [0.15, 0.2) is 0 Å². The van der Waals surface area contributed by atoms with Crippen LogP contribution < -0.4 is 11.1 Å². The van der Waals surface area contributed by atoms with E-state index in [4.69, 9.17) is 5.73 Å². The van der Waals surface area contributed by atoms with E-state index >= 15 is 0 Å². The normalized spacial score (nSPS) is 24.8. The third-order valence-electron chi connectivity index (χ3n) is 3.63. The number of hydrogen-bond donors (Lipinski definition) is 2. The van der Waals surface area contributed by atoms with Crippen molar-refractivity contribution >= 4 is 21.8 Å². The first-order valence-corrected chi connectivity index (χ1v) is 7.18. The fraction of sp³-hybridized carbons (Fsp3) is 0.500. The monoisotopic (exact) mass is 310 g/mol. The van der Waals surface area contributed by atoms with Crippen LogP contribution in [0.2, 0.25) is 0 Å². The molecule has 98 valence electrons. The zero-order chi connectivity index (χ0) is 13.1. The minimum atomic E-state index is -0.0112. The molecule has 18 heavy (non-hydrogen) atoms. The van der Waals surface area contributed by atoms with Crippen LogP contribution >= 0.6 is 15.9 Å². The number of hydrogen-bond acceptors (Lipinski definition) is 2. The highest BCUT2D eigenvalue weighted by molar-refractivity contribution is 9.10. The van der Waals surface area contributed by atoms with E-state index in [9.17, 15) is 4.79 Å². The molecule has 0 bridgehead atoms. The van der Waals surface area contributed by atoms with E-state index in [-0.39, 0.29) is 23.9 Å². The van der Waals surface area contributed by atoms with Crippen molar-refractivity contribution in [3.05, 3.63) is 34.3 Å². The summed E-state index contributed by atoms with van der Waals surface area (Å²) in [4.78, 5) is 12.1. The predicted octanol–water partition coefficient (Wildman–Crippen LogP) is 2.75. The van der Waals surface area contributed by atoms with E-state index in [1.807, 2.05) is 31.2 Å². The Balaban J connectivity index is 1.96. The standard InChI is InChI=1S/C14H19BrN2O/c1-9(10-5-7-11(15)8-6-10)17-14(18)12-3-2-4-13(12)16/h5-9,12-13H,2-4,16H2,1H3,(H,17,18)/t9-,12?,13?/m1/s1. The van der Waals surface area contributed by atoms with Crippen LogP contribution in [0.4, 0.5) is 0 Å². The van der Waals surface area contributed by atoms with Crippen molar-refractivity contribution in [2.75, 3.05) is 0 Å². The van der Waals surface area contributed by atoms with Crippen LogP contribution in [0.5, 0.6) is 0 Å². The first-order valence-electron chi connectivity index (χ1n) is 6.39. The molecule has 3 atom stereocenters. The molecule has 0 saturated heterocycles. The zero-order valence-electron chi connectivity index (χ0n) is 10.5. The summed E-state index contributed by atoms with van der Waals surface area (Å²) in [5, 5.41) is 3.05. The molecule has 0 heterocycles. The van der Waals surface area contributed by atoms with Crippen LogP contribution in [0.25, 0.3) is 0 Å². The molecule has 1 aromatic rings. The van der Waals surface area contributed by atoms with Gasteiger partial charge in [0.2, 0.25) is 5.91 Å². The third-order valence-corrected chi connectivity index (χ3v) is 4.16. The first kappa shape index (κ1) is 13.6. The molecule has 1 aliphatic carbocycles. The smallest absolute Gasteiger partial charge is 0.225 e. The van der Waals surface area contributed by atoms with Crippen LogP contribution in [0.15, 0.2) is 28.7 Å². The lowest BCUT2D eigenvalue weighted by Gasteiger charge is -2.20. The summed E-state index contributed by atoms with van der Waals surface area (Å²) in [7, 11) is 0. The molecule has 1 aromatic carbocycles. The molecule has 3 N–H and O–H groups in total. The lowest BCUT2D eigenvalue weighted by Crippen LogP contribution is -2.39. The van der Waals surface area contributed by atoms with E-state index < -0.39 is 0 Å². The summed E-state index contributed by atoms with van der Waals surface area (Å²) in [5.74, 6) is 0.0818. The van der Waals surface area contributed by atoms with Gasteiger partial charge in [0, 0.05) is 10.5 Å². The molecule has 1 amide bonds. The molecule has 0 aliphatic heterocycles. The fourth-order valence-corrected chi connectivity index (χ4v) is 2.73. The fourth-order valence-electron chi connectivity index (χ4n) is 2.47. The van der Waals surface area contributed by atoms with Crippen molar-refractivity contribution in [2.45, 2.75) is 38.3 Å². The van der Waals surface area contributed by atoms with Crippen LogP contribution in [-0.2, 0) is 4.79 Å². The molecule has 2 unspecified atom stereocenters. The van der Waals surface area contributed by atoms with Gasteiger partial charge in [-0.15, -0.1) is 0 Å². The van der Waals surface area contributed by atoms with Gasteiger partial charge in [-0.25, -0.2) is 0 Å². The summed E-state index contributed by atoms with van der Waals surface area (Å²) in [6, 6.07) is 8.06. The van der Waals surface area contributed by atoms with Crippen molar-refractivity contribution in [1.82, 2.24) is 5.32 Å². The summed E-state index contributed by atoms with van der Waals surface area (Å²) in [5.41, 5.74) is 7.06. The van der Waals surface area contributed by atoms with E-state index in [0.29, 0.717) is 0 Å². The van der Waals surface area contributed by atoms with Gasteiger partial charge in [-0.2, -0.15) is 0 Å². The number of carbonyl (C=O) groups excluding carboxylic acids is 1. The quantitative estimate of drug-likeness (QED) is 0.902. The molecule has 1 fully saturated rings. The number of amides is 1. The minimum Gasteiger partial charge on any atom is -0.349 e. The highest BCUT2D eigenvalue weighted by Crippen LogP contribution is 2.25. The molecule has 4 heteroatoms. The Labute approximate surface area is 116 Å². The largest absolute Gasteiger partial charge is 0.349 e. The lowest BCUT2D eigenvalue weighted by molar-refractivity contribution is -0.125. The predicted molar refractivity (Wildman–Crippen MR) is 76.0 cm³/mol. The van der Waals surface area contributed by atoms with Gasteiger partial charge in [0.25, 0.3) is 0 Å². The van der Waals surface area contributed by atoms with Crippen molar-refractivity contribution in [1.29, 1.82) is 0 Å². The van der Waals surface area contributed by atoms with Crippen molar-refractivity contribution in [2.24, 2.45) is 11.7 Å². The van der Waals surface area contributed by atoms with Gasteiger partial charge in [-0.1, -0.05) is 34.5 Å². The Morgan fingerprint density at radius 2 is 2.06 bits per heavy atom. The lowest BCUT2D eigenvalue weighted by atomic mass is 10.0. The molecule has 0 spiro atoms. The highest BCUT2D eigenvalue weighted by Gasteiger charge is 2.30. The van der Waals surface area contributed by atoms with E-state index in [1.165, 1.54) is 0 Å². The summed E-state index contributed by atoms with van der Waals surface area (Å²) >= 11 is 3.40. The Hall–Kier alpha value is -0.870. The number of halogens is 1. The van der Waals surface area contributed by atoms with E-state index in [1.54, 1.807) is 0 Å². The number of rotatable bonds is 3. The summed E-state index contributed by atoms with van der Waals surface area (Å²) in [6.07, 6.45) is 2.94.